The minimum Gasteiger partial charge on any atom is -0.444 e. The first-order chi connectivity index (χ1) is 6.83. The van der Waals surface area contributed by atoms with Crippen LogP contribution < -0.4 is 0 Å². The third-order valence-corrected chi connectivity index (χ3v) is 2.92. The van der Waals surface area contributed by atoms with Crippen LogP contribution in [0.15, 0.2) is 0 Å². The zero-order chi connectivity index (χ0) is 11.6. The zero-order valence-electron chi connectivity index (χ0n) is 9.30. The van der Waals surface area contributed by atoms with Crippen LogP contribution in [-0.2, 0) is 4.74 Å². The van der Waals surface area contributed by atoms with Crippen molar-refractivity contribution in [3.8, 4) is 0 Å². The molecule has 1 amide bonds. The molecule has 0 aromatic carbocycles. The summed E-state index contributed by atoms with van der Waals surface area (Å²) in [7, 11) is 0. The van der Waals surface area contributed by atoms with E-state index in [0.29, 0.717) is 11.8 Å². The van der Waals surface area contributed by atoms with Crippen LogP contribution >= 0.6 is 15.9 Å². The molecule has 1 rings (SSSR count). The van der Waals surface area contributed by atoms with Crippen LogP contribution in [0.5, 0.6) is 0 Å². The van der Waals surface area contributed by atoms with Crippen LogP contribution in [-0.4, -0.2) is 40.7 Å². The van der Waals surface area contributed by atoms with Gasteiger partial charge in [0.25, 0.3) is 0 Å². The number of ether oxygens (including phenoxy) is 1. The number of amides is 1. The van der Waals surface area contributed by atoms with Gasteiger partial charge in [-0.25, -0.2) is 9.18 Å². The highest BCUT2D eigenvalue weighted by Gasteiger charge is 2.36. The van der Waals surface area contributed by atoms with Crippen molar-refractivity contribution in [1.82, 2.24) is 4.90 Å². The van der Waals surface area contributed by atoms with Gasteiger partial charge in [-0.3, -0.25) is 0 Å². The summed E-state index contributed by atoms with van der Waals surface area (Å²) in [5.41, 5.74) is -0.525. The van der Waals surface area contributed by atoms with Crippen LogP contribution in [0.4, 0.5) is 9.18 Å². The average Bonchev–Trinajstić information content (AvgIpc) is 2.43. The molecule has 1 aliphatic rings. The second-order valence-electron chi connectivity index (χ2n) is 4.77. The molecule has 3 nitrogen and oxygen atoms in total. The lowest BCUT2D eigenvalue weighted by Gasteiger charge is -2.27. The van der Waals surface area contributed by atoms with Gasteiger partial charge in [0, 0.05) is 17.8 Å². The number of hydrogen-bond acceptors (Lipinski definition) is 2. The largest absolute Gasteiger partial charge is 0.444 e. The smallest absolute Gasteiger partial charge is 0.410 e. The van der Waals surface area contributed by atoms with E-state index in [4.69, 9.17) is 4.74 Å². The summed E-state index contributed by atoms with van der Waals surface area (Å²) in [6, 6.07) is -0.0881. The van der Waals surface area contributed by atoms with Gasteiger partial charge in [0.2, 0.25) is 0 Å². The van der Waals surface area contributed by atoms with Gasteiger partial charge in [0.1, 0.15) is 11.8 Å². The predicted octanol–water partition coefficient (Wildman–Crippen LogP) is 2.73. The second kappa shape index (κ2) is 4.68. The molecule has 0 aromatic rings. The number of carbonyl (C=O) groups is 1. The van der Waals surface area contributed by atoms with Crippen LogP contribution in [0.3, 0.4) is 0 Å². The van der Waals surface area contributed by atoms with Crippen LogP contribution in [0.2, 0.25) is 0 Å². The monoisotopic (exact) mass is 281 g/mol. The Morgan fingerprint density at radius 1 is 1.60 bits per heavy atom. The SMILES string of the molecule is CC(C)(C)OC(=O)N1C[C@@H](F)C[C@@H]1CBr. The number of hydrogen-bond donors (Lipinski definition) is 0. The van der Waals surface area contributed by atoms with Gasteiger partial charge in [0.05, 0.1) is 6.54 Å². The Bertz CT molecular complexity index is 242. The number of carbonyl (C=O) groups excluding carboxylic acids is 1. The van der Waals surface area contributed by atoms with Crippen molar-refractivity contribution in [1.29, 1.82) is 0 Å². The maximum atomic E-state index is 13.1. The number of rotatable bonds is 1. The molecule has 0 bridgehead atoms. The fraction of sp³-hybridized carbons (Fsp3) is 0.900. The van der Waals surface area contributed by atoms with Crippen molar-refractivity contribution >= 4 is 22.0 Å². The van der Waals surface area contributed by atoms with E-state index in [-0.39, 0.29) is 12.6 Å². The van der Waals surface area contributed by atoms with Gasteiger partial charge >= 0.3 is 6.09 Å². The number of nitrogens with zero attached hydrogens (tertiary/aromatic N) is 1. The van der Waals surface area contributed by atoms with E-state index < -0.39 is 17.9 Å². The molecule has 5 heteroatoms. The summed E-state index contributed by atoms with van der Waals surface area (Å²) in [5, 5.41) is 0.590. The average molecular weight is 282 g/mol. The molecule has 0 N–H and O–H groups in total. The molecule has 0 radical (unpaired) electrons. The Morgan fingerprint density at radius 3 is 2.67 bits per heavy atom. The third kappa shape index (κ3) is 3.63. The van der Waals surface area contributed by atoms with E-state index >= 15 is 0 Å². The summed E-state index contributed by atoms with van der Waals surface area (Å²) in [5.74, 6) is 0. The van der Waals surface area contributed by atoms with E-state index in [9.17, 15) is 9.18 Å². The van der Waals surface area contributed by atoms with Gasteiger partial charge in [-0.1, -0.05) is 15.9 Å². The van der Waals surface area contributed by atoms with Crippen molar-refractivity contribution < 1.29 is 13.9 Å². The highest BCUT2D eigenvalue weighted by atomic mass is 79.9. The number of halogens is 2. The van der Waals surface area contributed by atoms with Gasteiger partial charge in [-0.05, 0) is 20.8 Å². The summed E-state index contributed by atoms with van der Waals surface area (Å²) in [6.07, 6.45) is -0.961. The molecule has 2 atom stereocenters. The zero-order valence-corrected chi connectivity index (χ0v) is 10.9. The number of alkyl halides is 2. The lowest BCUT2D eigenvalue weighted by molar-refractivity contribution is 0.0234. The standard InChI is InChI=1S/C10H17BrFNO2/c1-10(2,3)15-9(14)13-6-7(12)4-8(13)5-11/h7-8H,4-6H2,1-3H3/t7-,8+/m0/s1. The Balaban J connectivity index is 2.59. The van der Waals surface area contributed by atoms with Crippen LogP contribution in [0.1, 0.15) is 27.2 Å². The molecular formula is C10H17BrFNO2. The van der Waals surface area contributed by atoms with E-state index in [1.807, 2.05) is 0 Å². The van der Waals surface area contributed by atoms with Gasteiger partial charge < -0.3 is 9.64 Å². The third-order valence-electron chi connectivity index (χ3n) is 2.17. The summed E-state index contributed by atoms with van der Waals surface area (Å²) >= 11 is 3.28. The van der Waals surface area contributed by atoms with Crippen molar-refractivity contribution in [2.24, 2.45) is 0 Å². The quantitative estimate of drug-likeness (QED) is 0.692. The topological polar surface area (TPSA) is 29.5 Å². The Kier molecular flexibility index (Phi) is 3.98. The van der Waals surface area contributed by atoms with E-state index in [0.717, 1.165) is 0 Å². The first kappa shape index (κ1) is 12.7. The summed E-state index contributed by atoms with van der Waals surface area (Å²) in [4.78, 5) is 13.2. The van der Waals surface area contributed by atoms with Gasteiger partial charge in [0.15, 0.2) is 0 Å². The molecule has 0 saturated carbocycles. The fourth-order valence-corrected chi connectivity index (χ4v) is 2.16. The van der Waals surface area contributed by atoms with Crippen molar-refractivity contribution in [3.05, 3.63) is 0 Å². The Hall–Kier alpha value is -0.320. The maximum absolute atomic E-state index is 13.1. The van der Waals surface area contributed by atoms with Crippen LogP contribution in [0.25, 0.3) is 0 Å². The lowest BCUT2D eigenvalue weighted by atomic mass is 10.2. The first-order valence-corrected chi connectivity index (χ1v) is 6.15. The van der Waals surface area contributed by atoms with Crippen molar-refractivity contribution in [3.63, 3.8) is 0 Å². The van der Waals surface area contributed by atoms with E-state index in [1.165, 1.54) is 4.90 Å². The molecule has 15 heavy (non-hydrogen) atoms. The molecule has 1 heterocycles. The highest BCUT2D eigenvalue weighted by molar-refractivity contribution is 9.09. The molecule has 1 saturated heterocycles. The molecule has 0 unspecified atom stereocenters. The van der Waals surface area contributed by atoms with Crippen LogP contribution in [0, 0.1) is 0 Å². The minimum absolute atomic E-state index is 0.0881. The lowest BCUT2D eigenvalue weighted by Crippen LogP contribution is -2.40. The molecule has 0 aromatic heterocycles. The molecule has 1 fully saturated rings. The fourth-order valence-electron chi connectivity index (χ4n) is 1.55. The normalized spacial score (nSPS) is 26.9. The molecular weight excluding hydrogens is 265 g/mol. The minimum atomic E-state index is -0.930. The van der Waals surface area contributed by atoms with Crippen molar-refractivity contribution in [2.75, 3.05) is 11.9 Å². The highest BCUT2D eigenvalue weighted by Crippen LogP contribution is 2.24. The number of likely N-dealkylation sites (tertiary alicyclic amines) is 1. The maximum Gasteiger partial charge on any atom is 0.410 e. The molecule has 1 aliphatic heterocycles. The van der Waals surface area contributed by atoms with Crippen molar-refractivity contribution in [2.45, 2.75) is 45.0 Å². The molecule has 88 valence electrons. The summed E-state index contributed by atoms with van der Waals surface area (Å²) < 4.78 is 18.3. The Morgan fingerprint density at radius 2 is 2.20 bits per heavy atom. The van der Waals surface area contributed by atoms with Gasteiger partial charge in [-0.2, -0.15) is 0 Å². The Labute approximate surface area is 98.1 Å². The van der Waals surface area contributed by atoms with Gasteiger partial charge in [-0.15, -0.1) is 0 Å². The summed E-state index contributed by atoms with van der Waals surface area (Å²) in [6.45, 7) is 5.55. The first-order valence-electron chi connectivity index (χ1n) is 5.03. The van der Waals surface area contributed by atoms with E-state index in [2.05, 4.69) is 15.9 Å². The van der Waals surface area contributed by atoms with E-state index in [1.54, 1.807) is 20.8 Å². The molecule has 0 aliphatic carbocycles. The second-order valence-corrected chi connectivity index (χ2v) is 5.42. The predicted molar refractivity (Wildman–Crippen MR) is 60.0 cm³/mol. The molecule has 0 spiro atoms.